The Labute approximate surface area is 157 Å². The molecule has 0 unspecified atom stereocenters. The molecule has 1 aliphatic rings. The molecule has 1 N–H and O–H groups in total. The highest BCUT2D eigenvalue weighted by atomic mass is 32.2. The molecular weight excluding hydrogens is 370 g/mol. The van der Waals surface area contributed by atoms with Crippen molar-refractivity contribution in [3.63, 3.8) is 0 Å². The van der Waals surface area contributed by atoms with Gasteiger partial charge in [0.2, 0.25) is 5.91 Å². The highest BCUT2D eigenvalue weighted by Gasteiger charge is 2.19. The summed E-state index contributed by atoms with van der Waals surface area (Å²) >= 11 is 0. The van der Waals surface area contributed by atoms with Crippen molar-refractivity contribution in [2.75, 3.05) is 17.8 Å². The number of non-ortho nitro benzene ring substituents is 1. The van der Waals surface area contributed by atoms with Crippen LogP contribution in [0.1, 0.15) is 18.4 Å². The van der Waals surface area contributed by atoms with Gasteiger partial charge in [0.25, 0.3) is 15.7 Å². The van der Waals surface area contributed by atoms with Gasteiger partial charge in [0.15, 0.2) is 0 Å². The van der Waals surface area contributed by atoms with E-state index >= 15 is 0 Å². The first-order valence-corrected chi connectivity index (χ1v) is 9.97. The molecule has 0 aliphatic carbocycles. The van der Waals surface area contributed by atoms with Crippen LogP contribution in [-0.4, -0.2) is 37.2 Å². The zero-order chi connectivity index (χ0) is 19.4. The van der Waals surface area contributed by atoms with Gasteiger partial charge < -0.3 is 4.90 Å². The minimum atomic E-state index is -3.95. The van der Waals surface area contributed by atoms with Gasteiger partial charge in [-0.15, -0.1) is 0 Å². The Morgan fingerprint density at radius 2 is 1.78 bits per heavy atom. The van der Waals surface area contributed by atoms with Gasteiger partial charge in [-0.2, -0.15) is 0 Å². The lowest BCUT2D eigenvalue weighted by Gasteiger charge is -2.15. The maximum absolute atomic E-state index is 12.4. The standard InChI is InChI=1S/C18H19N3O5S/c22-18(20-10-1-2-11-20)12-14-6-8-15(9-7-14)19-27(25,26)17-5-3-4-16(13-17)21(23)24/h3-9,13,19H,1-2,10-12H2. The number of hydrogen-bond donors (Lipinski definition) is 1. The largest absolute Gasteiger partial charge is 0.342 e. The van der Waals surface area contributed by atoms with E-state index in [4.69, 9.17) is 0 Å². The number of carbonyl (C=O) groups is 1. The fraction of sp³-hybridized carbons (Fsp3) is 0.278. The van der Waals surface area contributed by atoms with E-state index in [2.05, 4.69) is 4.72 Å². The number of carbonyl (C=O) groups excluding carboxylic acids is 1. The number of nitrogens with zero attached hydrogens (tertiary/aromatic N) is 2. The second-order valence-electron chi connectivity index (χ2n) is 6.32. The number of nitrogens with one attached hydrogen (secondary N) is 1. The molecule has 1 heterocycles. The molecule has 2 aromatic rings. The molecule has 1 fully saturated rings. The first-order chi connectivity index (χ1) is 12.8. The van der Waals surface area contributed by atoms with Crippen LogP contribution in [0.5, 0.6) is 0 Å². The molecule has 0 bridgehead atoms. The van der Waals surface area contributed by atoms with Crippen LogP contribution in [0, 0.1) is 10.1 Å². The number of sulfonamides is 1. The topological polar surface area (TPSA) is 110 Å². The Morgan fingerprint density at radius 3 is 2.41 bits per heavy atom. The number of nitro groups is 1. The third kappa shape index (κ3) is 4.62. The van der Waals surface area contributed by atoms with E-state index in [1.54, 1.807) is 24.3 Å². The minimum absolute atomic E-state index is 0.0671. The molecule has 0 atom stereocenters. The zero-order valence-corrected chi connectivity index (χ0v) is 15.3. The number of amides is 1. The van der Waals surface area contributed by atoms with Crippen LogP contribution in [0.25, 0.3) is 0 Å². The van der Waals surface area contributed by atoms with Crippen LogP contribution in [-0.2, 0) is 21.2 Å². The molecule has 27 heavy (non-hydrogen) atoms. The quantitative estimate of drug-likeness (QED) is 0.603. The van der Waals surface area contributed by atoms with Crippen molar-refractivity contribution >= 4 is 27.3 Å². The fourth-order valence-corrected chi connectivity index (χ4v) is 4.02. The highest BCUT2D eigenvalue weighted by Crippen LogP contribution is 2.21. The third-order valence-electron chi connectivity index (χ3n) is 4.36. The summed E-state index contributed by atoms with van der Waals surface area (Å²) < 4.78 is 27.2. The van der Waals surface area contributed by atoms with Crippen molar-refractivity contribution in [2.24, 2.45) is 0 Å². The average molecular weight is 389 g/mol. The summed E-state index contributed by atoms with van der Waals surface area (Å²) in [7, 11) is -3.95. The zero-order valence-electron chi connectivity index (χ0n) is 14.5. The Bertz CT molecular complexity index is 951. The molecule has 2 aromatic carbocycles. The lowest BCUT2D eigenvalue weighted by Crippen LogP contribution is -2.29. The number of rotatable bonds is 6. The normalized spacial score (nSPS) is 14.1. The second-order valence-corrected chi connectivity index (χ2v) is 8.00. The maximum Gasteiger partial charge on any atom is 0.270 e. The highest BCUT2D eigenvalue weighted by molar-refractivity contribution is 7.92. The van der Waals surface area contributed by atoms with E-state index < -0.39 is 14.9 Å². The molecule has 0 saturated carbocycles. The monoisotopic (exact) mass is 389 g/mol. The van der Waals surface area contributed by atoms with Gasteiger partial charge in [0.05, 0.1) is 16.2 Å². The predicted molar refractivity (Wildman–Crippen MR) is 99.9 cm³/mol. The molecular formula is C18H19N3O5S. The van der Waals surface area contributed by atoms with Crippen molar-refractivity contribution < 1.29 is 18.1 Å². The Morgan fingerprint density at radius 1 is 1.11 bits per heavy atom. The molecule has 8 nitrogen and oxygen atoms in total. The summed E-state index contributed by atoms with van der Waals surface area (Å²) in [6.07, 6.45) is 2.34. The molecule has 9 heteroatoms. The molecule has 142 valence electrons. The van der Waals surface area contributed by atoms with Gasteiger partial charge in [0.1, 0.15) is 0 Å². The number of anilines is 1. The lowest BCUT2D eigenvalue weighted by molar-refractivity contribution is -0.385. The van der Waals surface area contributed by atoms with Gasteiger partial charge in [-0.25, -0.2) is 8.42 Å². The predicted octanol–water partition coefficient (Wildman–Crippen LogP) is 2.56. The summed E-state index contributed by atoms with van der Waals surface area (Å²) in [5, 5.41) is 10.8. The summed E-state index contributed by atoms with van der Waals surface area (Å²) in [4.78, 5) is 24.0. The van der Waals surface area contributed by atoms with Gasteiger partial charge in [0, 0.05) is 30.9 Å². The van der Waals surface area contributed by atoms with Crippen LogP contribution in [0.2, 0.25) is 0 Å². The second kappa shape index (κ2) is 7.75. The van der Waals surface area contributed by atoms with Crippen molar-refractivity contribution in [2.45, 2.75) is 24.2 Å². The Balaban J connectivity index is 1.69. The van der Waals surface area contributed by atoms with Crippen LogP contribution in [0.15, 0.2) is 53.4 Å². The number of nitro benzene ring substituents is 1. The van der Waals surface area contributed by atoms with Crippen molar-refractivity contribution in [1.82, 2.24) is 4.90 Å². The van der Waals surface area contributed by atoms with Crippen molar-refractivity contribution in [3.8, 4) is 0 Å². The maximum atomic E-state index is 12.4. The fourth-order valence-electron chi connectivity index (χ4n) is 2.92. The SMILES string of the molecule is O=C(Cc1ccc(NS(=O)(=O)c2cccc([N+](=O)[O-])c2)cc1)N1CCCC1. The van der Waals surface area contributed by atoms with E-state index in [9.17, 15) is 23.3 Å². The summed E-state index contributed by atoms with van der Waals surface area (Å²) in [6.45, 7) is 1.58. The number of benzene rings is 2. The molecule has 0 spiro atoms. The molecule has 3 rings (SSSR count). The molecule has 0 aromatic heterocycles. The van der Waals surface area contributed by atoms with E-state index in [1.165, 1.54) is 18.2 Å². The number of likely N-dealkylation sites (tertiary alicyclic amines) is 1. The molecule has 1 aliphatic heterocycles. The van der Waals surface area contributed by atoms with E-state index in [0.717, 1.165) is 37.6 Å². The number of hydrogen-bond acceptors (Lipinski definition) is 5. The van der Waals surface area contributed by atoms with Gasteiger partial charge in [-0.05, 0) is 36.6 Å². The minimum Gasteiger partial charge on any atom is -0.342 e. The Hall–Kier alpha value is -2.94. The third-order valence-corrected chi connectivity index (χ3v) is 5.74. The van der Waals surface area contributed by atoms with Gasteiger partial charge in [-0.1, -0.05) is 18.2 Å². The first kappa shape index (κ1) is 18.8. The lowest BCUT2D eigenvalue weighted by atomic mass is 10.1. The van der Waals surface area contributed by atoms with E-state index in [-0.39, 0.29) is 22.9 Å². The summed E-state index contributed by atoms with van der Waals surface area (Å²) in [5.41, 5.74) is 0.817. The first-order valence-electron chi connectivity index (χ1n) is 8.49. The van der Waals surface area contributed by atoms with Gasteiger partial charge in [-0.3, -0.25) is 19.6 Å². The molecule has 1 saturated heterocycles. The van der Waals surface area contributed by atoms with Crippen LogP contribution in [0.4, 0.5) is 11.4 Å². The van der Waals surface area contributed by atoms with Gasteiger partial charge >= 0.3 is 0 Å². The Kier molecular flexibility index (Phi) is 5.41. The smallest absolute Gasteiger partial charge is 0.270 e. The molecule has 1 amide bonds. The van der Waals surface area contributed by atoms with Crippen molar-refractivity contribution in [1.29, 1.82) is 0 Å². The average Bonchev–Trinajstić information content (AvgIpc) is 3.18. The molecule has 0 radical (unpaired) electrons. The van der Waals surface area contributed by atoms with Crippen LogP contribution >= 0.6 is 0 Å². The van der Waals surface area contributed by atoms with E-state index in [0.29, 0.717) is 5.69 Å². The summed E-state index contributed by atoms with van der Waals surface area (Å²) in [5.74, 6) is 0.0671. The van der Waals surface area contributed by atoms with Crippen molar-refractivity contribution in [3.05, 3.63) is 64.2 Å². The van der Waals surface area contributed by atoms with E-state index in [1.807, 2.05) is 4.90 Å². The van der Waals surface area contributed by atoms with Crippen LogP contribution in [0.3, 0.4) is 0 Å². The summed E-state index contributed by atoms with van der Waals surface area (Å²) in [6, 6.07) is 11.4. The van der Waals surface area contributed by atoms with Crippen LogP contribution < -0.4 is 4.72 Å².